The van der Waals surface area contributed by atoms with Gasteiger partial charge in [-0.05, 0) is 60.8 Å². The molecule has 0 fully saturated rings. The van der Waals surface area contributed by atoms with Gasteiger partial charge in [-0.3, -0.25) is 0 Å². The monoisotopic (exact) mass is 324 g/mol. The van der Waals surface area contributed by atoms with E-state index in [1.807, 2.05) is 32.0 Å². The van der Waals surface area contributed by atoms with E-state index in [9.17, 15) is 0 Å². The zero-order valence-corrected chi connectivity index (χ0v) is 13.4. The highest BCUT2D eigenvalue weighted by Gasteiger charge is 2.15. The molecule has 0 aliphatic carbocycles. The number of hydrogen-bond acceptors (Lipinski definition) is 3. The van der Waals surface area contributed by atoms with Crippen LogP contribution in [0.1, 0.15) is 33.1 Å². The third-order valence-electron chi connectivity index (χ3n) is 3.01. The molecule has 0 aromatic heterocycles. The van der Waals surface area contributed by atoms with E-state index in [0.29, 0.717) is 0 Å². The molecule has 1 aromatic carbocycles. The average Bonchev–Trinajstić information content (AvgIpc) is 2.38. The second kappa shape index (κ2) is 7.40. The van der Waals surface area contributed by atoms with Crippen LogP contribution in [0, 0.1) is 16.7 Å². The first kappa shape index (κ1) is 15.8. The third-order valence-corrected chi connectivity index (χ3v) is 3.63. The summed E-state index contributed by atoms with van der Waals surface area (Å²) in [6.07, 6.45) is 3.07. The quantitative estimate of drug-likeness (QED) is 0.746. The minimum absolute atomic E-state index is 0.205. The van der Waals surface area contributed by atoms with Crippen LogP contribution in [-0.4, -0.2) is 13.7 Å². The lowest BCUT2D eigenvalue weighted by Gasteiger charge is -2.14. The summed E-state index contributed by atoms with van der Waals surface area (Å²) in [6.45, 7) is 4.89. The maximum Gasteiger partial charge on any atom is 0.133 e. The number of halogens is 1. The Morgan fingerprint density at radius 3 is 2.68 bits per heavy atom. The van der Waals surface area contributed by atoms with E-state index in [1.165, 1.54) is 0 Å². The Kier molecular flexibility index (Phi) is 6.17. The summed E-state index contributed by atoms with van der Waals surface area (Å²) in [5.74, 6) is 0.835. The van der Waals surface area contributed by atoms with Crippen molar-refractivity contribution in [1.82, 2.24) is 0 Å². The number of benzene rings is 1. The summed E-state index contributed by atoms with van der Waals surface area (Å²) in [4.78, 5) is 0. The number of unbranched alkanes of at least 4 members (excludes halogenated alkanes) is 1. The number of nitriles is 1. The van der Waals surface area contributed by atoms with E-state index in [4.69, 9.17) is 10.00 Å². The summed E-state index contributed by atoms with van der Waals surface area (Å²) >= 11 is 3.46. The van der Waals surface area contributed by atoms with Crippen molar-refractivity contribution in [2.45, 2.75) is 33.1 Å². The summed E-state index contributed by atoms with van der Waals surface area (Å²) in [5.41, 5.74) is 0.871. The highest BCUT2D eigenvalue weighted by molar-refractivity contribution is 9.10. The number of methoxy groups -OCH3 is 1. The predicted molar refractivity (Wildman–Crippen MR) is 82.4 cm³/mol. The van der Waals surface area contributed by atoms with Gasteiger partial charge in [0.2, 0.25) is 0 Å². The van der Waals surface area contributed by atoms with Crippen LogP contribution in [0.25, 0.3) is 0 Å². The van der Waals surface area contributed by atoms with Crippen LogP contribution in [0.2, 0.25) is 0 Å². The van der Waals surface area contributed by atoms with E-state index in [-0.39, 0.29) is 5.41 Å². The zero-order chi connectivity index (χ0) is 14.3. The number of rotatable bonds is 7. The van der Waals surface area contributed by atoms with E-state index < -0.39 is 0 Å². The van der Waals surface area contributed by atoms with Crippen molar-refractivity contribution in [1.29, 1.82) is 5.26 Å². The van der Waals surface area contributed by atoms with Crippen molar-refractivity contribution >= 4 is 21.6 Å². The van der Waals surface area contributed by atoms with E-state index >= 15 is 0 Å². The number of hydrogen-bond donors (Lipinski definition) is 1. The molecule has 19 heavy (non-hydrogen) atoms. The summed E-state index contributed by atoms with van der Waals surface area (Å²) in [5, 5.41) is 12.3. The summed E-state index contributed by atoms with van der Waals surface area (Å²) in [6, 6.07) is 8.28. The van der Waals surface area contributed by atoms with E-state index in [2.05, 4.69) is 27.3 Å². The molecule has 0 radical (unpaired) electrons. The van der Waals surface area contributed by atoms with Gasteiger partial charge in [-0.2, -0.15) is 5.26 Å². The number of anilines is 1. The van der Waals surface area contributed by atoms with Crippen molar-refractivity contribution in [3.8, 4) is 11.8 Å². The maximum atomic E-state index is 8.93. The van der Waals surface area contributed by atoms with Gasteiger partial charge in [0, 0.05) is 12.2 Å². The molecule has 0 aliphatic rings. The predicted octanol–water partition coefficient (Wildman–Crippen LogP) is 4.59. The normalized spacial score (nSPS) is 10.9. The van der Waals surface area contributed by atoms with Crippen LogP contribution >= 0.6 is 15.9 Å². The Hall–Kier alpha value is -1.21. The van der Waals surface area contributed by atoms with Crippen molar-refractivity contribution in [2.75, 3.05) is 19.0 Å². The number of nitrogens with zero attached hydrogens (tertiary/aromatic N) is 1. The van der Waals surface area contributed by atoms with Gasteiger partial charge in [-0.15, -0.1) is 0 Å². The molecule has 104 valence electrons. The van der Waals surface area contributed by atoms with Crippen molar-refractivity contribution < 1.29 is 4.74 Å². The summed E-state index contributed by atoms with van der Waals surface area (Å²) in [7, 11) is 1.66. The molecule has 1 aromatic rings. The topological polar surface area (TPSA) is 45.0 Å². The van der Waals surface area contributed by atoms with E-state index in [0.717, 1.165) is 41.7 Å². The van der Waals surface area contributed by atoms with Crippen LogP contribution in [0.15, 0.2) is 22.7 Å². The van der Waals surface area contributed by atoms with Crippen molar-refractivity contribution in [3.63, 3.8) is 0 Å². The molecule has 1 rings (SSSR count). The van der Waals surface area contributed by atoms with Crippen LogP contribution in [-0.2, 0) is 0 Å². The molecular formula is C15H21BrN2O. The third kappa shape index (κ3) is 5.52. The van der Waals surface area contributed by atoms with Crippen LogP contribution < -0.4 is 10.1 Å². The highest BCUT2D eigenvalue weighted by atomic mass is 79.9. The highest BCUT2D eigenvalue weighted by Crippen LogP contribution is 2.27. The average molecular weight is 325 g/mol. The lowest BCUT2D eigenvalue weighted by atomic mass is 9.89. The molecular weight excluding hydrogens is 304 g/mol. The van der Waals surface area contributed by atoms with Crippen LogP contribution in [0.3, 0.4) is 0 Å². The maximum absolute atomic E-state index is 8.93. The van der Waals surface area contributed by atoms with Crippen LogP contribution in [0.5, 0.6) is 5.75 Å². The molecule has 0 amide bonds. The fraction of sp³-hybridized carbons (Fsp3) is 0.533. The number of nitrogens with one attached hydrogen (secondary N) is 1. The molecule has 0 aliphatic heterocycles. The SMILES string of the molecule is COc1ccc(NCCCCC(C)(C)C#N)cc1Br. The van der Waals surface area contributed by atoms with Crippen LogP contribution in [0.4, 0.5) is 5.69 Å². The first-order valence-electron chi connectivity index (χ1n) is 6.47. The van der Waals surface area contributed by atoms with Crippen molar-refractivity contribution in [2.24, 2.45) is 5.41 Å². The van der Waals surface area contributed by atoms with Gasteiger partial charge in [-0.1, -0.05) is 6.42 Å². The first-order valence-corrected chi connectivity index (χ1v) is 7.26. The zero-order valence-electron chi connectivity index (χ0n) is 11.8. The van der Waals surface area contributed by atoms with Gasteiger partial charge in [-0.25, -0.2) is 0 Å². The Bertz CT molecular complexity index is 452. The minimum Gasteiger partial charge on any atom is -0.496 e. The van der Waals surface area contributed by atoms with Gasteiger partial charge < -0.3 is 10.1 Å². The molecule has 0 unspecified atom stereocenters. The molecule has 0 saturated carbocycles. The molecule has 0 saturated heterocycles. The van der Waals surface area contributed by atoms with Gasteiger partial charge in [0.15, 0.2) is 0 Å². The number of ether oxygens (including phenoxy) is 1. The largest absolute Gasteiger partial charge is 0.496 e. The Morgan fingerprint density at radius 1 is 1.37 bits per heavy atom. The summed E-state index contributed by atoms with van der Waals surface area (Å²) < 4.78 is 6.14. The Morgan fingerprint density at radius 2 is 2.11 bits per heavy atom. The lowest BCUT2D eigenvalue weighted by molar-refractivity contribution is 0.412. The van der Waals surface area contributed by atoms with Gasteiger partial charge >= 0.3 is 0 Å². The molecule has 0 spiro atoms. The fourth-order valence-corrected chi connectivity index (χ4v) is 2.30. The lowest BCUT2D eigenvalue weighted by Crippen LogP contribution is -2.09. The second-order valence-corrected chi connectivity index (χ2v) is 6.08. The Balaban J connectivity index is 2.31. The minimum atomic E-state index is -0.205. The standard InChI is InChI=1S/C15H21BrN2O/c1-15(2,11-17)8-4-5-9-18-12-6-7-14(19-3)13(16)10-12/h6-7,10,18H,4-5,8-9H2,1-3H3. The molecule has 1 N–H and O–H groups in total. The van der Waals surface area contributed by atoms with Gasteiger partial charge in [0.05, 0.1) is 23.1 Å². The Labute approximate surface area is 124 Å². The van der Waals surface area contributed by atoms with Crippen molar-refractivity contribution in [3.05, 3.63) is 22.7 Å². The second-order valence-electron chi connectivity index (χ2n) is 5.23. The molecule has 3 nitrogen and oxygen atoms in total. The smallest absolute Gasteiger partial charge is 0.133 e. The van der Waals surface area contributed by atoms with Gasteiger partial charge in [0.25, 0.3) is 0 Å². The molecule has 0 bridgehead atoms. The molecule has 4 heteroatoms. The molecule has 0 heterocycles. The molecule has 0 atom stereocenters. The fourth-order valence-electron chi connectivity index (χ4n) is 1.76. The van der Waals surface area contributed by atoms with E-state index in [1.54, 1.807) is 7.11 Å². The van der Waals surface area contributed by atoms with Gasteiger partial charge in [0.1, 0.15) is 5.75 Å². The first-order chi connectivity index (χ1) is 8.98.